The minimum atomic E-state index is -4.08. The third kappa shape index (κ3) is 4.20. The monoisotopic (exact) mass is 425 g/mol. The Morgan fingerprint density at radius 3 is 2.07 bits per heavy atom. The number of fused-ring (bicyclic) bond motifs is 1. The molecule has 0 radical (unpaired) electrons. The second-order valence-corrected chi connectivity index (χ2v) is 11.5. The highest BCUT2D eigenvalue weighted by Crippen LogP contribution is 2.41. The lowest BCUT2D eigenvalue weighted by Gasteiger charge is -2.23. The number of ketones is 1. The van der Waals surface area contributed by atoms with Gasteiger partial charge in [-0.3, -0.25) is 4.79 Å². The highest BCUT2D eigenvalue weighted by Gasteiger charge is 2.32. The van der Waals surface area contributed by atoms with Crippen LogP contribution in [0.2, 0.25) is 0 Å². The van der Waals surface area contributed by atoms with Crippen LogP contribution in [0.5, 0.6) is 0 Å². The molecule has 144 valence electrons. The molecule has 0 saturated heterocycles. The number of carbonyl (C=O) groups excluding carboxylic acids is 1. The molecule has 0 amide bonds. The van der Waals surface area contributed by atoms with Gasteiger partial charge in [0.05, 0.1) is 18.2 Å². The molecule has 0 spiro atoms. The first kappa shape index (κ1) is 19.9. The molecule has 2 aromatic carbocycles. The minimum absolute atomic E-state index is 0.0208. The van der Waals surface area contributed by atoms with Gasteiger partial charge in [-0.2, -0.15) is 3.71 Å². The molecule has 1 aliphatic rings. The van der Waals surface area contributed by atoms with Gasteiger partial charge in [-0.1, -0.05) is 29.5 Å². The van der Waals surface area contributed by atoms with Gasteiger partial charge in [0.15, 0.2) is 5.78 Å². The summed E-state index contributed by atoms with van der Waals surface area (Å²) in [5, 5.41) is 0. The Bertz CT molecular complexity index is 1090. The number of Topliss-reactive ketones (excluding diaryl/α,β-unsaturated/α-hetero) is 1. The van der Waals surface area contributed by atoms with Crippen molar-refractivity contribution < 1.29 is 21.6 Å². The summed E-state index contributed by atoms with van der Waals surface area (Å²) >= 11 is 1.23. The standard InChI is InChI=1S/C18H19NO5S3/c1-12-4-7-14(8-5-12)25-18-11-15-13(6-9-17(15)20)10-16(18)19(26(2,21)22)27(3,23)24/h4-5,7-8,10-11H,6,9H2,1-3H3. The van der Waals surface area contributed by atoms with Crippen LogP contribution in [-0.4, -0.2) is 35.1 Å². The molecule has 0 heterocycles. The number of hydrogen-bond donors (Lipinski definition) is 0. The van der Waals surface area contributed by atoms with Crippen LogP contribution in [0.1, 0.15) is 27.9 Å². The number of carbonyl (C=O) groups is 1. The van der Waals surface area contributed by atoms with E-state index in [1.807, 2.05) is 31.2 Å². The van der Waals surface area contributed by atoms with Crippen molar-refractivity contribution in [3.8, 4) is 0 Å². The van der Waals surface area contributed by atoms with Gasteiger partial charge in [-0.25, -0.2) is 16.8 Å². The number of rotatable bonds is 5. The smallest absolute Gasteiger partial charge is 0.245 e. The molecule has 6 nitrogen and oxygen atoms in total. The van der Waals surface area contributed by atoms with Gasteiger partial charge in [0.25, 0.3) is 0 Å². The molecule has 0 bridgehead atoms. The summed E-state index contributed by atoms with van der Waals surface area (Å²) in [6.45, 7) is 1.95. The summed E-state index contributed by atoms with van der Waals surface area (Å²) in [5.41, 5.74) is 2.31. The Balaban J connectivity index is 2.22. The predicted molar refractivity (Wildman–Crippen MR) is 107 cm³/mol. The molecule has 2 aromatic rings. The van der Waals surface area contributed by atoms with E-state index < -0.39 is 20.0 Å². The SMILES string of the molecule is Cc1ccc(Sc2cc3c(cc2N(S(C)(=O)=O)S(C)(=O)=O)CCC3=O)cc1. The first-order chi connectivity index (χ1) is 12.5. The lowest BCUT2D eigenvalue weighted by molar-refractivity contribution is 0.0994. The molecular formula is C18H19NO5S3. The Labute approximate surface area is 163 Å². The highest BCUT2D eigenvalue weighted by molar-refractivity contribution is 8.09. The van der Waals surface area contributed by atoms with Crippen molar-refractivity contribution in [2.75, 3.05) is 16.2 Å². The largest absolute Gasteiger partial charge is 0.294 e. The molecule has 0 aliphatic heterocycles. The average molecular weight is 426 g/mol. The van der Waals surface area contributed by atoms with Crippen molar-refractivity contribution in [3.63, 3.8) is 0 Å². The van der Waals surface area contributed by atoms with Crippen LogP contribution >= 0.6 is 11.8 Å². The van der Waals surface area contributed by atoms with Crippen LogP contribution in [0.15, 0.2) is 46.2 Å². The molecule has 0 N–H and O–H groups in total. The van der Waals surface area contributed by atoms with E-state index in [0.29, 0.717) is 32.6 Å². The lowest BCUT2D eigenvalue weighted by Crippen LogP contribution is -2.35. The molecule has 0 fully saturated rings. The van der Waals surface area contributed by atoms with Gasteiger partial charge in [0.1, 0.15) is 0 Å². The normalized spacial score (nSPS) is 14.3. The Hall–Kier alpha value is -1.84. The van der Waals surface area contributed by atoms with Crippen LogP contribution in [0.3, 0.4) is 0 Å². The number of anilines is 1. The molecule has 0 atom stereocenters. The van der Waals surface area contributed by atoms with Crippen molar-refractivity contribution >= 4 is 43.3 Å². The molecule has 1 aliphatic carbocycles. The van der Waals surface area contributed by atoms with Crippen molar-refractivity contribution in [2.45, 2.75) is 29.6 Å². The molecule has 0 unspecified atom stereocenters. The van der Waals surface area contributed by atoms with Gasteiger partial charge in [0.2, 0.25) is 20.0 Å². The van der Waals surface area contributed by atoms with E-state index >= 15 is 0 Å². The van der Waals surface area contributed by atoms with Crippen LogP contribution in [0, 0.1) is 6.92 Å². The van der Waals surface area contributed by atoms with Crippen LogP contribution in [0.4, 0.5) is 5.69 Å². The number of hydrogen-bond acceptors (Lipinski definition) is 6. The van der Waals surface area contributed by atoms with Gasteiger partial charge in [-0.05, 0) is 43.2 Å². The van der Waals surface area contributed by atoms with Crippen molar-refractivity contribution in [1.29, 1.82) is 0 Å². The third-order valence-corrected chi connectivity index (χ3v) is 8.43. The molecule has 0 aromatic heterocycles. The summed E-state index contributed by atoms with van der Waals surface area (Å²) in [7, 11) is -8.16. The Morgan fingerprint density at radius 2 is 1.52 bits per heavy atom. The maximum Gasteiger partial charge on any atom is 0.245 e. The van der Waals surface area contributed by atoms with E-state index in [1.54, 1.807) is 6.07 Å². The van der Waals surface area contributed by atoms with Gasteiger partial charge >= 0.3 is 0 Å². The van der Waals surface area contributed by atoms with E-state index in [9.17, 15) is 21.6 Å². The fourth-order valence-electron chi connectivity index (χ4n) is 3.02. The Morgan fingerprint density at radius 1 is 0.926 bits per heavy atom. The van der Waals surface area contributed by atoms with Gasteiger partial charge in [-0.15, -0.1) is 0 Å². The third-order valence-electron chi connectivity index (χ3n) is 4.15. The first-order valence-corrected chi connectivity index (χ1v) is 12.6. The van der Waals surface area contributed by atoms with E-state index in [1.165, 1.54) is 17.8 Å². The maximum absolute atomic E-state index is 12.3. The number of nitrogens with zero attached hydrogens (tertiary/aromatic N) is 1. The van der Waals surface area contributed by atoms with E-state index in [0.717, 1.165) is 23.0 Å². The number of sulfonamides is 2. The van der Waals surface area contributed by atoms with Crippen LogP contribution < -0.4 is 3.71 Å². The summed E-state index contributed by atoms with van der Waals surface area (Å²) in [6, 6.07) is 10.7. The van der Waals surface area contributed by atoms with Crippen molar-refractivity contribution in [2.24, 2.45) is 0 Å². The van der Waals surface area contributed by atoms with Gasteiger partial charge in [0, 0.05) is 21.8 Å². The van der Waals surface area contributed by atoms with E-state index in [-0.39, 0.29) is 11.5 Å². The maximum atomic E-state index is 12.3. The highest BCUT2D eigenvalue weighted by atomic mass is 32.3. The zero-order chi connectivity index (χ0) is 20.0. The number of benzene rings is 2. The molecule has 9 heteroatoms. The van der Waals surface area contributed by atoms with E-state index in [2.05, 4.69) is 0 Å². The average Bonchev–Trinajstić information content (AvgIpc) is 2.88. The topological polar surface area (TPSA) is 88.6 Å². The summed E-state index contributed by atoms with van der Waals surface area (Å²) < 4.78 is 49.5. The van der Waals surface area contributed by atoms with Crippen molar-refractivity contribution in [3.05, 3.63) is 53.1 Å². The Kier molecular flexibility index (Phi) is 5.13. The van der Waals surface area contributed by atoms with Gasteiger partial charge < -0.3 is 0 Å². The van der Waals surface area contributed by atoms with Crippen LogP contribution in [-0.2, 0) is 26.5 Å². The second-order valence-electron chi connectivity index (χ2n) is 6.54. The zero-order valence-electron chi connectivity index (χ0n) is 15.1. The lowest BCUT2D eigenvalue weighted by atomic mass is 10.1. The fraction of sp³-hybridized carbons (Fsp3) is 0.278. The quantitative estimate of drug-likeness (QED) is 0.732. The molecule has 3 rings (SSSR count). The molecule has 0 saturated carbocycles. The molecule has 27 heavy (non-hydrogen) atoms. The molecular weight excluding hydrogens is 406 g/mol. The zero-order valence-corrected chi connectivity index (χ0v) is 17.5. The first-order valence-electron chi connectivity index (χ1n) is 8.12. The summed E-state index contributed by atoms with van der Waals surface area (Å²) in [5.74, 6) is -0.0208. The second kappa shape index (κ2) is 6.96. The summed E-state index contributed by atoms with van der Waals surface area (Å²) in [6.07, 6.45) is 2.52. The summed E-state index contributed by atoms with van der Waals surface area (Å²) in [4.78, 5) is 13.4. The fourth-order valence-corrected chi connectivity index (χ4v) is 7.08. The van der Waals surface area contributed by atoms with Crippen molar-refractivity contribution in [1.82, 2.24) is 0 Å². The van der Waals surface area contributed by atoms with Crippen LogP contribution in [0.25, 0.3) is 0 Å². The minimum Gasteiger partial charge on any atom is -0.294 e. The number of aryl methyl sites for hydroxylation is 2. The van der Waals surface area contributed by atoms with E-state index in [4.69, 9.17) is 0 Å². The predicted octanol–water partition coefficient (Wildman–Crippen LogP) is 3.00.